The molecule has 4 N–H and O–H groups in total. The highest BCUT2D eigenvalue weighted by molar-refractivity contribution is 7.90. The van der Waals surface area contributed by atoms with E-state index in [2.05, 4.69) is 25.7 Å². The second kappa shape index (κ2) is 13.4. The number of nitrogens with one attached hydrogen (secondary N) is 4. The number of benzene rings is 2. The number of amides is 4. The molecule has 2 saturated heterocycles. The number of hydrogen-bond donors (Lipinski definition) is 4. The maximum absolute atomic E-state index is 13.7. The van der Waals surface area contributed by atoms with Gasteiger partial charge in [-0.25, -0.2) is 22.9 Å². The van der Waals surface area contributed by atoms with Crippen molar-refractivity contribution in [2.24, 2.45) is 4.99 Å². The summed E-state index contributed by atoms with van der Waals surface area (Å²) in [4.78, 5) is 46.1. The normalized spacial score (nSPS) is 17.8. The van der Waals surface area contributed by atoms with Gasteiger partial charge in [0.1, 0.15) is 17.4 Å². The van der Waals surface area contributed by atoms with E-state index < -0.39 is 22.1 Å². The summed E-state index contributed by atoms with van der Waals surface area (Å²) in [5.74, 6) is 0.157. The minimum Gasteiger partial charge on any atom is -0.461 e. The molecule has 2 fully saturated rings. The summed E-state index contributed by atoms with van der Waals surface area (Å²) < 4.78 is 35.3. The number of carbonyl (C=O) groups excluding carboxylic acids is 3. The van der Waals surface area contributed by atoms with Crippen LogP contribution in [0.25, 0.3) is 11.0 Å². The molecule has 2 aromatic carbocycles. The molecule has 0 radical (unpaired) electrons. The van der Waals surface area contributed by atoms with E-state index in [1.807, 2.05) is 13.0 Å². The van der Waals surface area contributed by atoms with Crippen molar-refractivity contribution >= 4 is 56.2 Å². The number of fused-ring (bicyclic) bond motifs is 1. The number of urea groups is 1. The zero-order valence-electron chi connectivity index (χ0n) is 24.8. The molecular formula is C30H37N7O6S. The highest BCUT2D eigenvalue weighted by atomic mass is 32.2. The number of sulfonamides is 1. The van der Waals surface area contributed by atoms with Crippen LogP contribution in [0.3, 0.4) is 0 Å². The van der Waals surface area contributed by atoms with E-state index in [-0.39, 0.29) is 34.9 Å². The first-order valence-corrected chi connectivity index (χ1v) is 16.1. The summed E-state index contributed by atoms with van der Waals surface area (Å²) in [6.45, 7) is 3.62. The maximum Gasteiger partial charge on any atom is 0.318 e. The molecule has 0 spiro atoms. The number of aliphatic imine (C=N–C) groups is 1. The molecule has 234 valence electrons. The van der Waals surface area contributed by atoms with Gasteiger partial charge in [-0.05, 0) is 81.5 Å². The third-order valence-electron chi connectivity index (χ3n) is 7.58. The Labute approximate surface area is 256 Å². The monoisotopic (exact) mass is 623 g/mol. The largest absolute Gasteiger partial charge is 0.461 e. The fourth-order valence-electron chi connectivity index (χ4n) is 5.34. The summed E-state index contributed by atoms with van der Waals surface area (Å²) in [5, 5.41) is 8.83. The van der Waals surface area contributed by atoms with Crippen LogP contribution >= 0.6 is 0 Å². The molecule has 3 aromatic rings. The molecule has 0 bridgehead atoms. The van der Waals surface area contributed by atoms with E-state index in [0.29, 0.717) is 50.2 Å². The number of furan rings is 1. The Balaban J connectivity index is 1.44. The highest BCUT2D eigenvalue weighted by Crippen LogP contribution is 2.24. The van der Waals surface area contributed by atoms with Crippen LogP contribution in [0.15, 0.2) is 62.8 Å². The lowest BCUT2D eigenvalue weighted by atomic mass is 10.1. The van der Waals surface area contributed by atoms with Crippen molar-refractivity contribution in [3.05, 3.63) is 54.3 Å². The lowest BCUT2D eigenvalue weighted by Gasteiger charge is -2.25. The Morgan fingerprint density at radius 1 is 0.977 bits per heavy atom. The molecule has 3 heterocycles. The second-order valence-electron chi connectivity index (χ2n) is 10.9. The number of likely N-dealkylation sites (tertiary alicyclic amines) is 2. The predicted molar refractivity (Wildman–Crippen MR) is 167 cm³/mol. The Morgan fingerprint density at radius 2 is 1.73 bits per heavy atom. The van der Waals surface area contributed by atoms with Crippen molar-refractivity contribution in [3.63, 3.8) is 0 Å². The van der Waals surface area contributed by atoms with Gasteiger partial charge in [0.25, 0.3) is 10.0 Å². The van der Waals surface area contributed by atoms with Crippen molar-refractivity contribution in [3.8, 4) is 0 Å². The number of anilines is 2. The minimum absolute atomic E-state index is 0.0268. The third-order valence-corrected chi connectivity index (χ3v) is 8.92. The average molecular weight is 624 g/mol. The van der Waals surface area contributed by atoms with Crippen LogP contribution in [0.5, 0.6) is 0 Å². The molecule has 1 unspecified atom stereocenters. The number of rotatable bonds is 7. The van der Waals surface area contributed by atoms with Crippen LogP contribution in [-0.2, 0) is 19.6 Å². The number of hydrogen-bond acceptors (Lipinski definition) is 7. The van der Waals surface area contributed by atoms with Gasteiger partial charge in [0.15, 0.2) is 0 Å². The topological polar surface area (TPSA) is 165 Å². The smallest absolute Gasteiger partial charge is 0.318 e. The molecule has 1 aromatic heterocycles. The van der Waals surface area contributed by atoms with Gasteiger partial charge in [0.05, 0.1) is 11.4 Å². The van der Waals surface area contributed by atoms with E-state index >= 15 is 0 Å². The number of nitrogens with zero attached hydrogens (tertiary/aromatic N) is 3. The van der Waals surface area contributed by atoms with Crippen LogP contribution in [0.2, 0.25) is 0 Å². The molecular weight excluding hydrogens is 586 g/mol. The number of carbonyl (C=O) groups is 3. The maximum atomic E-state index is 13.7. The quantitative estimate of drug-likeness (QED) is 0.232. The molecule has 0 saturated carbocycles. The zero-order valence-corrected chi connectivity index (χ0v) is 25.6. The Morgan fingerprint density at radius 3 is 2.50 bits per heavy atom. The molecule has 2 aliphatic heterocycles. The van der Waals surface area contributed by atoms with Crippen LogP contribution in [-0.4, -0.2) is 81.3 Å². The van der Waals surface area contributed by atoms with Crippen LogP contribution < -0.4 is 20.7 Å². The van der Waals surface area contributed by atoms with E-state index in [9.17, 15) is 22.8 Å². The van der Waals surface area contributed by atoms with Gasteiger partial charge in [-0.3, -0.25) is 9.59 Å². The van der Waals surface area contributed by atoms with Gasteiger partial charge in [0, 0.05) is 43.4 Å². The van der Waals surface area contributed by atoms with Gasteiger partial charge in [-0.1, -0.05) is 6.07 Å². The molecule has 4 amide bonds. The molecule has 13 nitrogen and oxygen atoms in total. The molecule has 5 rings (SSSR count). The first-order chi connectivity index (χ1) is 21.1. The van der Waals surface area contributed by atoms with Crippen molar-refractivity contribution in [1.29, 1.82) is 0 Å². The lowest BCUT2D eigenvalue weighted by molar-refractivity contribution is -0.140. The molecule has 44 heavy (non-hydrogen) atoms. The van der Waals surface area contributed by atoms with Crippen molar-refractivity contribution in [2.75, 3.05) is 43.9 Å². The number of guanidine groups is 1. The first kappa shape index (κ1) is 30.9. The number of aryl methyl sites for hydroxylation is 1. The van der Waals surface area contributed by atoms with Gasteiger partial charge in [-0.15, -0.1) is 0 Å². The summed E-state index contributed by atoms with van der Waals surface area (Å²) in [7, 11) is -2.77. The summed E-state index contributed by atoms with van der Waals surface area (Å²) >= 11 is 0. The summed E-state index contributed by atoms with van der Waals surface area (Å²) in [5.41, 5.74) is 1.47. The molecule has 1 atom stereocenters. The first-order valence-electron chi connectivity index (χ1n) is 14.6. The Bertz CT molecular complexity index is 1680. The zero-order chi connectivity index (χ0) is 31.3. The molecule has 2 aliphatic rings. The summed E-state index contributed by atoms with van der Waals surface area (Å²) in [6.07, 6.45) is 3.70. The summed E-state index contributed by atoms with van der Waals surface area (Å²) in [6, 6.07) is 11.5. The average Bonchev–Trinajstić information content (AvgIpc) is 3.63. The fraction of sp³-hybridized carbons (Fsp3) is 0.400. The van der Waals surface area contributed by atoms with Gasteiger partial charge in [-0.2, -0.15) is 0 Å². The van der Waals surface area contributed by atoms with Gasteiger partial charge >= 0.3 is 6.03 Å². The van der Waals surface area contributed by atoms with Crippen LogP contribution in [0.4, 0.5) is 16.2 Å². The van der Waals surface area contributed by atoms with Crippen molar-refractivity contribution in [2.45, 2.75) is 50.0 Å². The van der Waals surface area contributed by atoms with E-state index in [4.69, 9.17) is 4.42 Å². The van der Waals surface area contributed by atoms with E-state index in [0.717, 1.165) is 24.0 Å². The van der Waals surface area contributed by atoms with Crippen molar-refractivity contribution < 1.29 is 27.2 Å². The standard InChI is InChI=1S/C30H37N7O6S/c1-20-16-21-17-23(11-12-26(21)43-20)32-29(35-44(41,42)24-9-7-8-22(18-24)33-30(40)31-2)34-25-10-3-4-15-37(28(25)39)19-27(38)36-13-5-6-14-36/h7-9,11-12,16-18,25H,3-6,10,13-15,19H2,1-2H3,(H2,31,33,40)(H2,32,34,35). The third kappa shape index (κ3) is 7.48. The molecule has 0 aliphatic carbocycles. The highest BCUT2D eigenvalue weighted by Gasteiger charge is 2.31. The molecule has 14 heteroatoms. The van der Waals surface area contributed by atoms with Gasteiger partial charge in [0.2, 0.25) is 17.8 Å². The van der Waals surface area contributed by atoms with E-state index in [1.54, 1.807) is 29.2 Å². The van der Waals surface area contributed by atoms with Crippen LogP contribution in [0, 0.1) is 6.92 Å². The SMILES string of the molecule is CNC(=O)Nc1cccc(S(=O)(=O)NC(=NC2CCCCN(CC(=O)N3CCCC3)C2=O)Nc2ccc3oc(C)cc3c2)c1. The van der Waals surface area contributed by atoms with E-state index in [1.165, 1.54) is 30.1 Å². The Kier molecular flexibility index (Phi) is 9.37. The fourth-order valence-corrected chi connectivity index (χ4v) is 6.36. The van der Waals surface area contributed by atoms with Gasteiger partial charge < -0.3 is 30.2 Å². The second-order valence-corrected chi connectivity index (χ2v) is 12.6. The lowest BCUT2D eigenvalue weighted by Crippen LogP contribution is -2.45. The predicted octanol–water partition coefficient (Wildman–Crippen LogP) is 3.24. The van der Waals surface area contributed by atoms with Crippen molar-refractivity contribution in [1.82, 2.24) is 19.8 Å². The minimum atomic E-state index is -4.22. The Hall–Kier alpha value is -4.59. The van der Waals surface area contributed by atoms with Crippen LogP contribution in [0.1, 0.15) is 37.9 Å².